The zero-order valence-corrected chi connectivity index (χ0v) is 43.4. The molecule has 3 saturated carbocycles. The molecule has 358 valence electrons. The molecule has 0 spiro atoms. The molecular formula is C61H114. The number of rotatable bonds is 37. The Morgan fingerprint density at radius 3 is 1.39 bits per heavy atom. The Kier molecular flexibility index (Phi) is 27.0. The summed E-state index contributed by atoms with van der Waals surface area (Å²) in [5.41, 5.74) is 3.09. The topological polar surface area (TPSA) is 0 Å². The summed E-state index contributed by atoms with van der Waals surface area (Å²) in [4.78, 5) is 0. The minimum Gasteiger partial charge on any atom is -0.0845 e. The van der Waals surface area contributed by atoms with E-state index in [4.69, 9.17) is 0 Å². The number of allylic oxidation sites excluding steroid dienone is 2. The van der Waals surface area contributed by atoms with Crippen LogP contribution in [0.15, 0.2) is 11.6 Å². The van der Waals surface area contributed by atoms with E-state index in [0.717, 1.165) is 47.3 Å². The van der Waals surface area contributed by atoms with Crippen LogP contribution in [0.2, 0.25) is 0 Å². The Labute approximate surface area is 386 Å². The summed E-state index contributed by atoms with van der Waals surface area (Å²) in [6.07, 6.45) is 65.3. The Morgan fingerprint density at radius 1 is 0.475 bits per heavy atom. The second kappa shape index (κ2) is 30.9. The van der Waals surface area contributed by atoms with Crippen LogP contribution in [0, 0.1) is 58.2 Å². The van der Waals surface area contributed by atoms with Gasteiger partial charge in [-0.05, 0) is 110 Å². The second-order valence-corrected chi connectivity index (χ2v) is 24.2. The molecule has 61 heavy (non-hydrogen) atoms. The van der Waals surface area contributed by atoms with Crippen LogP contribution in [0.4, 0.5) is 0 Å². The van der Waals surface area contributed by atoms with Crippen molar-refractivity contribution < 1.29 is 0 Å². The molecule has 0 aromatic heterocycles. The van der Waals surface area contributed by atoms with Gasteiger partial charge in [-0.15, -0.1) is 0 Å². The molecule has 0 nitrogen and oxygen atoms in total. The number of hydrogen-bond donors (Lipinski definition) is 0. The third-order valence-electron chi connectivity index (χ3n) is 19.1. The van der Waals surface area contributed by atoms with Crippen molar-refractivity contribution in [2.24, 2.45) is 58.2 Å². The van der Waals surface area contributed by atoms with Gasteiger partial charge in [-0.2, -0.15) is 0 Å². The first-order valence-corrected chi connectivity index (χ1v) is 29.4. The normalized spacial score (nSPS) is 28.4. The quantitative estimate of drug-likeness (QED) is 0.0432. The predicted octanol–water partition coefficient (Wildman–Crippen LogP) is 21.4. The predicted molar refractivity (Wildman–Crippen MR) is 275 cm³/mol. The van der Waals surface area contributed by atoms with Crippen molar-refractivity contribution in [1.29, 1.82) is 0 Å². The van der Waals surface area contributed by atoms with E-state index in [1.54, 1.807) is 6.42 Å². The van der Waals surface area contributed by atoms with E-state index in [9.17, 15) is 0 Å². The van der Waals surface area contributed by atoms with E-state index in [1.165, 1.54) is 263 Å². The van der Waals surface area contributed by atoms with Gasteiger partial charge in [0, 0.05) is 0 Å². The van der Waals surface area contributed by atoms with Gasteiger partial charge in [0.1, 0.15) is 0 Å². The van der Waals surface area contributed by atoms with E-state index in [0.29, 0.717) is 10.8 Å². The van der Waals surface area contributed by atoms with Crippen molar-refractivity contribution in [1.82, 2.24) is 0 Å². The monoisotopic (exact) mass is 847 g/mol. The maximum atomic E-state index is 2.91. The summed E-state index contributed by atoms with van der Waals surface area (Å²) in [7, 11) is 0. The van der Waals surface area contributed by atoms with Crippen molar-refractivity contribution in [3.05, 3.63) is 11.6 Å². The third kappa shape index (κ3) is 18.2. The fraction of sp³-hybridized carbons (Fsp3) is 0.967. The highest BCUT2D eigenvalue weighted by atomic mass is 14.6. The zero-order chi connectivity index (χ0) is 43.6. The lowest BCUT2D eigenvalue weighted by molar-refractivity contribution is -0.0546. The molecule has 0 amide bonds. The fourth-order valence-corrected chi connectivity index (χ4v) is 15.1. The summed E-state index contributed by atoms with van der Waals surface area (Å²) in [5, 5.41) is 0. The smallest absolute Gasteiger partial charge is 0.00851 e. The lowest BCUT2D eigenvalue weighted by Gasteiger charge is -2.59. The second-order valence-electron chi connectivity index (χ2n) is 24.2. The zero-order valence-electron chi connectivity index (χ0n) is 43.4. The van der Waals surface area contributed by atoms with Gasteiger partial charge in [-0.3, -0.25) is 0 Å². The van der Waals surface area contributed by atoms with Crippen molar-refractivity contribution in [2.45, 2.75) is 318 Å². The highest BCUT2D eigenvalue weighted by Crippen LogP contribution is 2.68. The summed E-state index contributed by atoms with van der Waals surface area (Å²) >= 11 is 0. The standard InChI is InChI=1S/C61H114/c1-8-10-12-14-16-18-19-20-21-22-23-24-25-26-27-28-30-32-34-36-41-53(40-35-33-31-29-17-15-13-11-9-2)54-46-48-60(6)55(50-54)42-43-56-58-45-44-57(52(5)39-37-38-51(3)4)61(58,7)49-47-59(56)60/h42,51-54,56-59H,8-41,43-50H2,1-7H3/t52-,53?,54?,56?,57-,58?,59?,60+,61-/m1/s1. The SMILES string of the molecule is CCCCCCCCCCCCCCCCCCCCCCC(CCCCCCCCCCC)C1CC[C@@]2(C)C(=CCC3C2CC[C@@]2(C)C3CC[C@@H]2[C@H](C)CCCC(C)C)C1. The van der Waals surface area contributed by atoms with Crippen LogP contribution in [0.1, 0.15) is 318 Å². The summed E-state index contributed by atoms with van der Waals surface area (Å²) < 4.78 is 0. The average Bonchev–Trinajstić information content (AvgIpc) is 3.61. The molecule has 4 aliphatic rings. The largest absolute Gasteiger partial charge is 0.0845 e. The van der Waals surface area contributed by atoms with E-state index in [2.05, 4.69) is 54.5 Å². The molecule has 9 atom stereocenters. The van der Waals surface area contributed by atoms with E-state index in [1.807, 2.05) is 5.57 Å². The number of fused-ring (bicyclic) bond motifs is 5. The summed E-state index contributed by atoms with van der Waals surface area (Å²) in [6.45, 7) is 17.7. The lowest BCUT2D eigenvalue weighted by atomic mass is 9.46. The van der Waals surface area contributed by atoms with E-state index < -0.39 is 0 Å². The van der Waals surface area contributed by atoms with Crippen molar-refractivity contribution in [2.75, 3.05) is 0 Å². The van der Waals surface area contributed by atoms with Gasteiger partial charge in [-0.1, -0.05) is 278 Å². The Hall–Kier alpha value is -0.260. The van der Waals surface area contributed by atoms with Crippen LogP contribution >= 0.6 is 0 Å². The number of unbranched alkanes of at least 4 members (excludes halogenated alkanes) is 27. The van der Waals surface area contributed by atoms with Gasteiger partial charge in [0.15, 0.2) is 0 Å². The van der Waals surface area contributed by atoms with E-state index in [-0.39, 0.29) is 0 Å². The molecule has 0 aromatic carbocycles. The molecule has 3 fully saturated rings. The minimum atomic E-state index is 0.511. The molecule has 0 aromatic rings. The average molecular weight is 848 g/mol. The third-order valence-corrected chi connectivity index (χ3v) is 19.1. The fourth-order valence-electron chi connectivity index (χ4n) is 15.1. The van der Waals surface area contributed by atoms with Crippen LogP contribution in [0.3, 0.4) is 0 Å². The maximum Gasteiger partial charge on any atom is -0.00851 e. The molecule has 5 unspecified atom stereocenters. The van der Waals surface area contributed by atoms with Crippen LogP contribution in [-0.2, 0) is 0 Å². The summed E-state index contributed by atoms with van der Waals surface area (Å²) in [6, 6.07) is 0. The van der Waals surface area contributed by atoms with Gasteiger partial charge in [0.05, 0.1) is 0 Å². The van der Waals surface area contributed by atoms with E-state index >= 15 is 0 Å². The van der Waals surface area contributed by atoms with Crippen molar-refractivity contribution >= 4 is 0 Å². The highest BCUT2D eigenvalue weighted by Gasteiger charge is 2.59. The molecule has 0 bridgehead atoms. The van der Waals surface area contributed by atoms with Gasteiger partial charge >= 0.3 is 0 Å². The van der Waals surface area contributed by atoms with Gasteiger partial charge < -0.3 is 0 Å². The molecule has 0 heteroatoms. The highest BCUT2D eigenvalue weighted by molar-refractivity contribution is 5.25. The maximum absolute atomic E-state index is 2.91. The molecule has 4 rings (SSSR count). The summed E-state index contributed by atoms with van der Waals surface area (Å²) in [5.74, 6) is 7.68. The van der Waals surface area contributed by atoms with Gasteiger partial charge in [0.2, 0.25) is 0 Å². The molecule has 0 N–H and O–H groups in total. The Balaban J connectivity index is 1.16. The number of hydrogen-bond acceptors (Lipinski definition) is 0. The minimum absolute atomic E-state index is 0.511. The molecule has 0 radical (unpaired) electrons. The van der Waals surface area contributed by atoms with Gasteiger partial charge in [0.25, 0.3) is 0 Å². The molecular weight excluding hydrogens is 733 g/mol. The van der Waals surface area contributed by atoms with Crippen molar-refractivity contribution in [3.8, 4) is 0 Å². The van der Waals surface area contributed by atoms with Crippen LogP contribution in [0.25, 0.3) is 0 Å². The van der Waals surface area contributed by atoms with Crippen molar-refractivity contribution in [3.63, 3.8) is 0 Å². The lowest BCUT2D eigenvalue weighted by Crippen LogP contribution is -2.50. The Morgan fingerprint density at radius 2 is 0.934 bits per heavy atom. The molecule has 0 saturated heterocycles. The molecule has 0 heterocycles. The molecule has 4 aliphatic carbocycles. The molecule has 0 aliphatic heterocycles. The first kappa shape index (κ1) is 53.4. The van der Waals surface area contributed by atoms with Crippen LogP contribution in [-0.4, -0.2) is 0 Å². The van der Waals surface area contributed by atoms with Crippen LogP contribution < -0.4 is 0 Å². The first-order chi connectivity index (χ1) is 29.7. The first-order valence-electron chi connectivity index (χ1n) is 29.4. The Bertz CT molecular complexity index is 1100. The van der Waals surface area contributed by atoms with Gasteiger partial charge in [-0.25, -0.2) is 0 Å². The van der Waals surface area contributed by atoms with Crippen LogP contribution in [0.5, 0.6) is 0 Å².